The normalized spacial score (nSPS) is 24.0. The lowest BCUT2D eigenvalue weighted by Crippen LogP contribution is -2.42. The molecule has 0 bridgehead atoms. The minimum absolute atomic E-state index is 0.0387. The van der Waals surface area contributed by atoms with Gasteiger partial charge in [0.25, 0.3) is 5.91 Å². The van der Waals surface area contributed by atoms with Gasteiger partial charge in [0.2, 0.25) is 5.95 Å². The largest absolute Gasteiger partial charge is 0.351 e. The van der Waals surface area contributed by atoms with E-state index in [0.717, 1.165) is 38.5 Å². The van der Waals surface area contributed by atoms with Crippen LogP contribution in [0, 0.1) is 0 Å². The van der Waals surface area contributed by atoms with Gasteiger partial charge in [-0.2, -0.15) is 0 Å². The topological polar surface area (TPSA) is 115 Å². The standard InChI is InChI=1S/C18H26N8O/c19-13-2-4-15(5-3-13)26-12-16(23-24-26)17(27)25-10-6-14(7-11-25)22-18-20-8-1-9-21-18/h1,8-9,12-15H,2-7,10-11,19H2,(H,20,21,22). The molecule has 2 aromatic rings. The summed E-state index contributed by atoms with van der Waals surface area (Å²) in [7, 11) is 0. The predicted octanol–water partition coefficient (Wildman–Crippen LogP) is 1.23. The number of carbonyl (C=O) groups is 1. The summed E-state index contributed by atoms with van der Waals surface area (Å²) in [6.07, 6.45) is 10.9. The van der Waals surface area contributed by atoms with Crippen LogP contribution in [0.3, 0.4) is 0 Å². The maximum Gasteiger partial charge on any atom is 0.276 e. The van der Waals surface area contributed by atoms with E-state index < -0.39 is 0 Å². The first-order valence-corrected chi connectivity index (χ1v) is 9.69. The molecule has 0 aromatic carbocycles. The molecule has 9 nitrogen and oxygen atoms in total. The van der Waals surface area contributed by atoms with Crippen LogP contribution in [-0.4, -0.2) is 60.9 Å². The number of nitrogens with one attached hydrogen (secondary N) is 1. The van der Waals surface area contributed by atoms with Crippen molar-refractivity contribution >= 4 is 11.9 Å². The smallest absolute Gasteiger partial charge is 0.276 e. The molecule has 1 aliphatic carbocycles. The highest BCUT2D eigenvalue weighted by molar-refractivity contribution is 5.92. The van der Waals surface area contributed by atoms with Crippen LogP contribution >= 0.6 is 0 Å². The monoisotopic (exact) mass is 370 g/mol. The summed E-state index contributed by atoms with van der Waals surface area (Å²) in [5, 5.41) is 11.7. The minimum Gasteiger partial charge on any atom is -0.351 e. The van der Waals surface area contributed by atoms with E-state index >= 15 is 0 Å². The summed E-state index contributed by atoms with van der Waals surface area (Å²) < 4.78 is 1.85. The average Bonchev–Trinajstić information content (AvgIpc) is 3.20. The molecular formula is C18H26N8O. The van der Waals surface area contributed by atoms with Crippen molar-refractivity contribution in [2.24, 2.45) is 5.73 Å². The molecule has 4 rings (SSSR count). The number of aromatic nitrogens is 5. The van der Waals surface area contributed by atoms with Crippen LogP contribution in [0.2, 0.25) is 0 Å². The zero-order valence-corrected chi connectivity index (χ0v) is 15.4. The van der Waals surface area contributed by atoms with E-state index in [1.54, 1.807) is 24.7 Å². The highest BCUT2D eigenvalue weighted by Crippen LogP contribution is 2.27. The number of amides is 1. The van der Waals surface area contributed by atoms with E-state index in [4.69, 9.17) is 5.73 Å². The first kappa shape index (κ1) is 17.8. The van der Waals surface area contributed by atoms with E-state index in [2.05, 4.69) is 25.6 Å². The van der Waals surface area contributed by atoms with E-state index in [9.17, 15) is 4.79 Å². The van der Waals surface area contributed by atoms with Gasteiger partial charge in [-0.05, 0) is 44.6 Å². The van der Waals surface area contributed by atoms with Crippen LogP contribution in [0.15, 0.2) is 24.7 Å². The lowest BCUT2D eigenvalue weighted by Gasteiger charge is -2.31. The number of carbonyl (C=O) groups excluding carboxylic acids is 1. The van der Waals surface area contributed by atoms with Gasteiger partial charge in [-0.15, -0.1) is 5.10 Å². The molecule has 144 valence electrons. The van der Waals surface area contributed by atoms with Crippen LogP contribution in [0.5, 0.6) is 0 Å². The van der Waals surface area contributed by atoms with Crippen LogP contribution in [0.4, 0.5) is 5.95 Å². The number of hydrogen-bond donors (Lipinski definition) is 2. The molecule has 0 radical (unpaired) electrons. The van der Waals surface area contributed by atoms with E-state index in [-0.39, 0.29) is 11.9 Å². The second kappa shape index (κ2) is 7.99. The number of nitrogens with two attached hydrogens (primary N) is 1. The molecular weight excluding hydrogens is 344 g/mol. The Bertz CT molecular complexity index is 748. The second-order valence-electron chi connectivity index (χ2n) is 7.44. The first-order chi connectivity index (χ1) is 13.2. The molecule has 2 aliphatic rings. The molecule has 0 atom stereocenters. The SMILES string of the molecule is NC1CCC(n2cc(C(=O)N3CCC(Nc4ncccn4)CC3)nn2)CC1. The Balaban J connectivity index is 1.30. The Morgan fingerprint density at radius 2 is 1.78 bits per heavy atom. The van der Waals surface area contributed by atoms with E-state index in [1.807, 2.05) is 9.58 Å². The molecule has 1 saturated carbocycles. The van der Waals surface area contributed by atoms with E-state index in [0.29, 0.717) is 36.8 Å². The third-order valence-electron chi connectivity index (χ3n) is 5.53. The Morgan fingerprint density at radius 3 is 2.48 bits per heavy atom. The fourth-order valence-corrected chi connectivity index (χ4v) is 3.86. The van der Waals surface area contributed by atoms with Crippen LogP contribution in [-0.2, 0) is 0 Å². The van der Waals surface area contributed by atoms with Gasteiger partial charge in [-0.1, -0.05) is 5.21 Å². The zero-order valence-electron chi connectivity index (χ0n) is 15.4. The summed E-state index contributed by atoms with van der Waals surface area (Å²) in [5.41, 5.74) is 6.40. The van der Waals surface area contributed by atoms with Gasteiger partial charge in [-0.25, -0.2) is 14.6 Å². The summed E-state index contributed by atoms with van der Waals surface area (Å²) in [6, 6.07) is 2.67. The average molecular weight is 370 g/mol. The van der Waals surface area contributed by atoms with Crippen LogP contribution in [0.25, 0.3) is 0 Å². The fraction of sp³-hybridized carbons (Fsp3) is 0.611. The third kappa shape index (κ3) is 4.24. The third-order valence-corrected chi connectivity index (χ3v) is 5.53. The molecule has 1 aliphatic heterocycles. The summed E-state index contributed by atoms with van der Waals surface area (Å²) in [6.45, 7) is 1.38. The van der Waals surface area contributed by atoms with Crippen molar-refractivity contribution in [2.45, 2.75) is 56.7 Å². The van der Waals surface area contributed by atoms with Crippen molar-refractivity contribution in [1.29, 1.82) is 0 Å². The molecule has 0 unspecified atom stereocenters. The highest BCUT2D eigenvalue weighted by Gasteiger charge is 2.27. The second-order valence-corrected chi connectivity index (χ2v) is 7.44. The maximum atomic E-state index is 12.8. The predicted molar refractivity (Wildman–Crippen MR) is 100 cm³/mol. The van der Waals surface area contributed by atoms with Gasteiger partial charge >= 0.3 is 0 Å². The number of hydrogen-bond acceptors (Lipinski definition) is 7. The quantitative estimate of drug-likeness (QED) is 0.831. The van der Waals surface area contributed by atoms with Gasteiger partial charge in [0, 0.05) is 37.6 Å². The van der Waals surface area contributed by atoms with Crippen LogP contribution in [0.1, 0.15) is 55.1 Å². The molecule has 3 N–H and O–H groups in total. The van der Waals surface area contributed by atoms with Gasteiger partial charge < -0.3 is 16.0 Å². The molecule has 2 fully saturated rings. The highest BCUT2D eigenvalue weighted by atomic mass is 16.2. The Morgan fingerprint density at radius 1 is 1.07 bits per heavy atom. The van der Waals surface area contributed by atoms with Crippen LogP contribution < -0.4 is 11.1 Å². The molecule has 1 saturated heterocycles. The maximum absolute atomic E-state index is 12.8. The van der Waals surface area contributed by atoms with Crippen molar-refractivity contribution in [2.75, 3.05) is 18.4 Å². The summed E-state index contributed by atoms with van der Waals surface area (Å²) in [4.78, 5) is 23.0. The minimum atomic E-state index is -0.0387. The van der Waals surface area contributed by atoms with Gasteiger partial charge in [0.15, 0.2) is 5.69 Å². The lowest BCUT2D eigenvalue weighted by molar-refractivity contribution is 0.0712. The number of nitrogens with zero attached hydrogens (tertiary/aromatic N) is 6. The fourth-order valence-electron chi connectivity index (χ4n) is 3.86. The molecule has 3 heterocycles. The number of rotatable bonds is 4. The van der Waals surface area contributed by atoms with E-state index in [1.165, 1.54) is 0 Å². The van der Waals surface area contributed by atoms with Crippen molar-refractivity contribution in [3.63, 3.8) is 0 Å². The van der Waals surface area contributed by atoms with Crippen molar-refractivity contribution in [3.8, 4) is 0 Å². The number of piperidine rings is 1. The Labute approximate surface area is 158 Å². The van der Waals surface area contributed by atoms with Crippen molar-refractivity contribution in [1.82, 2.24) is 29.9 Å². The lowest BCUT2D eigenvalue weighted by atomic mass is 9.92. The summed E-state index contributed by atoms with van der Waals surface area (Å²) >= 11 is 0. The first-order valence-electron chi connectivity index (χ1n) is 9.69. The number of likely N-dealkylation sites (tertiary alicyclic amines) is 1. The Hall–Kier alpha value is -2.55. The van der Waals surface area contributed by atoms with Gasteiger partial charge in [0.05, 0.1) is 12.2 Å². The summed E-state index contributed by atoms with van der Waals surface area (Å²) in [5.74, 6) is 0.598. The zero-order chi connectivity index (χ0) is 18.6. The van der Waals surface area contributed by atoms with Gasteiger partial charge in [0.1, 0.15) is 0 Å². The van der Waals surface area contributed by atoms with Crippen molar-refractivity contribution in [3.05, 3.63) is 30.4 Å². The van der Waals surface area contributed by atoms with Gasteiger partial charge in [-0.3, -0.25) is 4.79 Å². The molecule has 0 spiro atoms. The molecule has 27 heavy (non-hydrogen) atoms. The number of anilines is 1. The van der Waals surface area contributed by atoms with Crippen molar-refractivity contribution < 1.29 is 4.79 Å². The molecule has 9 heteroatoms. The molecule has 2 aromatic heterocycles. The molecule has 1 amide bonds. The Kier molecular flexibility index (Phi) is 5.28.